The van der Waals surface area contributed by atoms with Crippen LogP contribution in [0.15, 0.2) is 27.6 Å². The van der Waals surface area contributed by atoms with Crippen molar-refractivity contribution in [2.75, 3.05) is 11.9 Å². The number of benzene rings is 1. The second-order valence-electron chi connectivity index (χ2n) is 4.61. The monoisotopic (exact) mass is 363 g/mol. The van der Waals surface area contributed by atoms with Crippen molar-refractivity contribution in [1.82, 2.24) is 0 Å². The number of halogens is 1. The summed E-state index contributed by atoms with van der Waals surface area (Å²) in [5.74, 6) is 0.142. The van der Waals surface area contributed by atoms with E-state index in [1.165, 1.54) is 18.2 Å². The number of primary sulfonamides is 1. The third-order valence-electron chi connectivity index (χ3n) is 2.81. The number of amides is 1. The number of nitrogens with two attached hydrogens (primary N) is 2. The summed E-state index contributed by atoms with van der Waals surface area (Å²) in [6, 6.07) is 4.19. The quantitative estimate of drug-likeness (QED) is 0.708. The van der Waals surface area contributed by atoms with Gasteiger partial charge in [0, 0.05) is 10.9 Å². The van der Waals surface area contributed by atoms with Gasteiger partial charge in [-0.3, -0.25) is 4.79 Å². The molecule has 0 radical (unpaired) electrons. The molecule has 0 aliphatic heterocycles. The first kappa shape index (κ1) is 17.1. The average molecular weight is 364 g/mol. The molecule has 0 aliphatic rings. The minimum absolute atomic E-state index is 0.0147. The molecule has 1 unspecified atom stereocenters. The smallest absolute Gasteiger partial charge is 0.238 e. The maximum Gasteiger partial charge on any atom is 0.238 e. The van der Waals surface area contributed by atoms with Crippen molar-refractivity contribution in [2.24, 2.45) is 16.8 Å². The van der Waals surface area contributed by atoms with Gasteiger partial charge >= 0.3 is 0 Å². The summed E-state index contributed by atoms with van der Waals surface area (Å²) in [4.78, 5) is 11.7. The van der Waals surface area contributed by atoms with Crippen LogP contribution in [-0.4, -0.2) is 20.9 Å². The van der Waals surface area contributed by atoms with Crippen molar-refractivity contribution in [3.8, 4) is 0 Å². The summed E-state index contributed by atoms with van der Waals surface area (Å²) in [6.45, 7) is 2.52. The van der Waals surface area contributed by atoms with Crippen molar-refractivity contribution in [1.29, 1.82) is 0 Å². The highest BCUT2D eigenvalue weighted by molar-refractivity contribution is 9.10. The van der Waals surface area contributed by atoms with E-state index in [2.05, 4.69) is 21.2 Å². The molecular weight excluding hydrogens is 346 g/mol. The highest BCUT2D eigenvalue weighted by Gasteiger charge is 2.12. The number of sulfonamides is 1. The molecule has 1 amide bonds. The molecule has 1 aromatic carbocycles. The third kappa shape index (κ3) is 5.20. The maximum atomic E-state index is 11.8. The Balaban J connectivity index is 2.72. The lowest BCUT2D eigenvalue weighted by molar-refractivity contribution is -0.116. The number of hydrogen-bond donors (Lipinski definition) is 3. The third-order valence-corrected chi connectivity index (χ3v) is 4.38. The Bertz CT molecular complexity index is 590. The second kappa shape index (κ2) is 7.16. The molecule has 6 nitrogen and oxygen atoms in total. The number of carbonyl (C=O) groups excluding carboxylic acids is 1. The summed E-state index contributed by atoms with van der Waals surface area (Å²) in [6.07, 6.45) is 1.07. The lowest BCUT2D eigenvalue weighted by atomic mass is 10.1. The molecule has 1 atom stereocenters. The van der Waals surface area contributed by atoms with Crippen LogP contribution in [0.25, 0.3) is 0 Å². The van der Waals surface area contributed by atoms with Crippen LogP contribution in [0.2, 0.25) is 0 Å². The van der Waals surface area contributed by atoms with Crippen LogP contribution in [0.4, 0.5) is 5.69 Å². The maximum absolute atomic E-state index is 11.8. The first-order chi connectivity index (χ1) is 9.24. The zero-order valence-electron chi connectivity index (χ0n) is 11.1. The Morgan fingerprint density at radius 2 is 2.10 bits per heavy atom. The van der Waals surface area contributed by atoms with E-state index in [4.69, 9.17) is 10.9 Å². The number of nitrogens with one attached hydrogen (secondary N) is 1. The molecule has 0 bridgehead atoms. The topological polar surface area (TPSA) is 115 Å². The van der Waals surface area contributed by atoms with Crippen molar-refractivity contribution in [3.05, 3.63) is 22.7 Å². The van der Waals surface area contributed by atoms with E-state index in [1.54, 1.807) is 0 Å². The molecule has 8 heteroatoms. The molecule has 0 heterocycles. The molecule has 0 aromatic heterocycles. The minimum atomic E-state index is -3.75. The summed E-state index contributed by atoms with van der Waals surface area (Å²) in [5.41, 5.74) is 5.99. The molecule has 0 aliphatic carbocycles. The standard InChI is InChI=1S/C12H18BrN3O3S/c1-8(7-14)2-5-12(17)16-11-4-3-9(6-10(11)13)20(15,18)19/h3-4,6,8H,2,5,7,14H2,1H3,(H,16,17)(H2,15,18,19). The lowest BCUT2D eigenvalue weighted by Crippen LogP contribution is -2.17. The molecule has 20 heavy (non-hydrogen) atoms. The van der Waals surface area contributed by atoms with Gasteiger partial charge in [0.1, 0.15) is 0 Å². The normalized spacial score (nSPS) is 13.0. The van der Waals surface area contributed by atoms with E-state index in [0.29, 0.717) is 29.5 Å². The minimum Gasteiger partial charge on any atom is -0.330 e. The van der Waals surface area contributed by atoms with Crippen molar-refractivity contribution in [3.63, 3.8) is 0 Å². The van der Waals surface area contributed by atoms with E-state index in [0.717, 1.165) is 0 Å². The van der Waals surface area contributed by atoms with E-state index in [9.17, 15) is 13.2 Å². The van der Waals surface area contributed by atoms with Gasteiger partial charge < -0.3 is 11.1 Å². The van der Waals surface area contributed by atoms with Crippen LogP contribution in [-0.2, 0) is 14.8 Å². The van der Waals surface area contributed by atoms with Gasteiger partial charge in [-0.05, 0) is 53.0 Å². The van der Waals surface area contributed by atoms with Crippen molar-refractivity contribution >= 4 is 37.5 Å². The Morgan fingerprint density at radius 3 is 2.60 bits per heavy atom. The van der Waals surface area contributed by atoms with Crippen LogP contribution in [0.3, 0.4) is 0 Å². The van der Waals surface area contributed by atoms with Crippen molar-refractivity contribution in [2.45, 2.75) is 24.7 Å². The molecular formula is C12H18BrN3O3S. The summed E-state index contributed by atoms with van der Waals surface area (Å²) < 4.78 is 22.8. The van der Waals surface area contributed by atoms with E-state index in [1.807, 2.05) is 6.92 Å². The van der Waals surface area contributed by atoms with Crippen molar-refractivity contribution < 1.29 is 13.2 Å². The number of anilines is 1. The van der Waals surface area contributed by atoms with Gasteiger partial charge in [-0.25, -0.2) is 13.6 Å². The summed E-state index contributed by atoms with van der Waals surface area (Å²) in [7, 11) is -3.75. The molecule has 112 valence electrons. The predicted octanol–water partition coefficient (Wildman–Crippen LogP) is 1.41. The molecule has 0 spiro atoms. The van der Waals surface area contributed by atoms with E-state index in [-0.39, 0.29) is 16.7 Å². The zero-order chi connectivity index (χ0) is 15.3. The van der Waals surface area contributed by atoms with E-state index < -0.39 is 10.0 Å². The first-order valence-corrected chi connectivity index (χ1v) is 8.40. The van der Waals surface area contributed by atoms with Crippen LogP contribution >= 0.6 is 15.9 Å². The average Bonchev–Trinajstić information content (AvgIpc) is 2.37. The van der Waals surface area contributed by atoms with Crippen LogP contribution < -0.4 is 16.2 Å². The summed E-state index contributed by atoms with van der Waals surface area (Å²) >= 11 is 3.21. The Morgan fingerprint density at radius 1 is 1.45 bits per heavy atom. The first-order valence-electron chi connectivity index (χ1n) is 6.06. The van der Waals surface area contributed by atoms with Gasteiger partial charge in [-0.2, -0.15) is 0 Å². The Hall–Kier alpha value is -0.960. The lowest BCUT2D eigenvalue weighted by Gasteiger charge is -2.10. The highest BCUT2D eigenvalue weighted by atomic mass is 79.9. The van der Waals surface area contributed by atoms with Gasteiger partial charge in [0.2, 0.25) is 15.9 Å². The van der Waals surface area contributed by atoms with E-state index >= 15 is 0 Å². The molecule has 5 N–H and O–H groups in total. The van der Waals surface area contributed by atoms with Gasteiger partial charge in [-0.1, -0.05) is 6.92 Å². The second-order valence-corrected chi connectivity index (χ2v) is 7.03. The molecule has 1 rings (SSSR count). The molecule has 0 saturated heterocycles. The van der Waals surface area contributed by atoms with Crippen LogP contribution in [0, 0.1) is 5.92 Å². The van der Waals surface area contributed by atoms with Gasteiger partial charge in [0.15, 0.2) is 0 Å². The largest absolute Gasteiger partial charge is 0.330 e. The molecule has 1 aromatic rings. The fourth-order valence-electron chi connectivity index (χ4n) is 1.48. The predicted molar refractivity (Wildman–Crippen MR) is 81.6 cm³/mol. The number of rotatable bonds is 6. The van der Waals surface area contributed by atoms with Crippen LogP contribution in [0.1, 0.15) is 19.8 Å². The number of carbonyl (C=O) groups is 1. The molecule has 0 saturated carbocycles. The van der Waals surface area contributed by atoms with Crippen LogP contribution in [0.5, 0.6) is 0 Å². The summed E-state index contributed by atoms with van der Waals surface area (Å²) in [5, 5.41) is 7.73. The SMILES string of the molecule is CC(CN)CCC(=O)Nc1ccc(S(N)(=O)=O)cc1Br. The fraction of sp³-hybridized carbons (Fsp3) is 0.417. The Labute approximate surface area is 127 Å². The highest BCUT2D eigenvalue weighted by Crippen LogP contribution is 2.25. The fourth-order valence-corrected chi connectivity index (χ4v) is 2.65. The number of hydrogen-bond acceptors (Lipinski definition) is 4. The molecule has 0 fully saturated rings. The van der Waals surface area contributed by atoms with Gasteiger partial charge in [0.25, 0.3) is 0 Å². The Kier molecular flexibility index (Phi) is 6.12. The zero-order valence-corrected chi connectivity index (χ0v) is 13.5. The van der Waals surface area contributed by atoms with Gasteiger partial charge in [0.05, 0.1) is 10.6 Å². The van der Waals surface area contributed by atoms with Gasteiger partial charge in [-0.15, -0.1) is 0 Å².